The second-order valence-corrected chi connectivity index (χ2v) is 3.00. The van der Waals surface area contributed by atoms with Gasteiger partial charge >= 0.3 is 11.9 Å². The van der Waals surface area contributed by atoms with Gasteiger partial charge in [0.15, 0.2) is 0 Å². The van der Waals surface area contributed by atoms with E-state index < -0.39 is 18.0 Å². The van der Waals surface area contributed by atoms with E-state index in [9.17, 15) is 9.59 Å². The summed E-state index contributed by atoms with van der Waals surface area (Å²) in [5.41, 5.74) is 0. The van der Waals surface area contributed by atoms with Gasteiger partial charge in [-0.1, -0.05) is 13.0 Å². The molecule has 0 aliphatic heterocycles. The molecule has 0 rings (SSSR count). The van der Waals surface area contributed by atoms with Gasteiger partial charge in [-0.3, -0.25) is 0 Å². The maximum absolute atomic E-state index is 11.3. The lowest BCUT2D eigenvalue weighted by Gasteiger charge is -2.15. The number of carboxylic acid groups (broad SMARTS) is 1. The van der Waals surface area contributed by atoms with E-state index in [0.29, 0.717) is 6.42 Å². The maximum atomic E-state index is 11.3. The molecular weight excluding hydrogens is 200 g/mol. The van der Waals surface area contributed by atoms with Crippen molar-refractivity contribution in [3.8, 4) is 0 Å². The average molecular weight is 216 g/mol. The highest BCUT2D eigenvalue weighted by Crippen LogP contribution is 2.02. The topological polar surface area (TPSA) is 72.8 Å². The number of carboxylic acids is 1. The van der Waals surface area contributed by atoms with Crippen LogP contribution in [0.4, 0.5) is 0 Å². The fraction of sp³-hybridized carbons (Fsp3) is 0.600. The third-order valence-electron chi connectivity index (χ3n) is 1.71. The summed E-state index contributed by atoms with van der Waals surface area (Å²) in [4.78, 5) is 22.0. The molecular formula is C10H16O5. The molecule has 0 aromatic rings. The Hall–Kier alpha value is -1.36. The highest BCUT2D eigenvalue weighted by atomic mass is 16.6. The average Bonchev–Trinajstić information content (AvgIpc) is 2.17. The molecule has 0 aliphatic rings. The first-order chi connectivity index (χ1) is 7.02. The van der Waals surface area contributed by atoms with E-state index in [1.54, 1.807) is 6.92 Å². The van der Waals surface area contributed by atoms with Crippen LogP contribution in [-0.2, 0) is 19.1 Å². The third kappa shape index (κ3) is 5.17. The SMILES string of the molecule is C=CCOC(C(=O)O)C(=O)OC(C)CC. The molecule has 0 aliphatic carbocycles. The standard InChI is InChI=1S/C10H16O5/c1-4-6-14-8(9(11)12)10(13)15-7(3)5-2/h4,7-8H,1,5-6H2,2-3H3,(H,11,12). The quantitative estimate of drug-likeness (QED) is 0.390. The molecule has 0 amide bonds. The Morgan fingerprint density at radius 3 is 2.53 bits per heavy atom. The summed E-state index contributed by atoms with van der Waals surface area (Å²) in [6.45, 7) is 6.87. The van der Waals surface area contributed by atoms with Crippen LogP contribution in [0.5, 0.6) is 0 Å². The zero-order chi connectivity index (χ0) is 11.8. The van der Waals surface area contributed by atoms with Gasteiger partial charge in [-0.15, -0.1) is 6.58 Å². The molecule has 0 saturated heterocycles. The Morgan fingerprint density at radius 1 is 1.53 bits per heavy atom. The van der Waals surface area contributed by atoms with Gasteiger partial charge in [0, 0.05) is 0 Å². The van der Waals surface area contributed by atoms with Gasteiger partial charge in [0.2, 0.25) is 0 Å². The summed E-state index contributed by atoms with van der Waals surface area (Å²) in [5, 5.41) is 8.70. The van der Waals surface area contributed by atoms with Crippen LogP contribution in [0, 0.1) is 0 Å². The minimum absolute atomic E-state index is 0.00737. The van der Waals surface area contributed by atoms with Crippen molar-refractivity contribution >= 4 is 11.9 Å². The minimum Gasteiger partial charge on any atom is -0.479 e. The normalized spacial score (nSPS) is 14.0. The molecule has 5 heteroatoms. The molecule has 0 aromatic carbocycles. The van der Waals surface area contributed by atoms with Crippen molar-refractivity contribution < 1.29 is 24.2 Å². The maximum Gasteiger partial charge on any atom is 0.347 e. The molecule has 0 spiro atoms. The Morgan fingerprint density at radius 2 is 2.13 bits per heavy atom. The summed E-state index contributed by atoms with van der Waals surface area (Å²) < 4.78 is 9.61. The Kier molecular flexibility index (Phi) is 6.37. The third-order valence-corrected chi connectivity index (χ3v) is 1.71. The molecule has 0 heterocycles. The van der Waals surface area contributed by atoms with Gasteiger partial charge in [-0.2, -0.15) is 0 Å². The predicted molar refractivity (Wildman–Crippen MR) is 53.4 cm³/mol. The number of hydrogen-bond donors (Lipinski definition) is 1. The lowest BCUT2D eigenvalue weighted by atomic mass is 10.3. The van der Waals surface area contributed by atoms with Gasteiger partial charge in [0.1, 0.15) is 0 Å². The van der Waals surface area contributed by atoms with Crippen molar-refractivity contribution in [1.82, 2.24) is 0 Å². The number of carbonyl (C=O) groups is 2. The number of aliphatic carboxylic acids is 1. The van der Waals surface area contributed by atoms with E-state index in [1.807, 2.05) is 6.92 Å². The largest absolute Gasteiger partial charge is 0.479 e. The van der Waals surface area contributed by atoms with Crippen LogP contribution < -0.4 is 0 Å². The summed E-state index contributed by atoms with van der Waals surface area (Å²) in [7, 11) is 0. The lowest BCUT2D eigenvalue weighted by molar-refractivity contribution is -0.172. The van der Waals surface area contributed by atoms with Gasteiger partial charge in [-0.25, -0.2) is 9.59 Å². The van der Waals surface area contributed by atoms with Crippen LogP contribution >= 0.6 is 0 Å². The number of esters is 1. The van der Waals surface area contributed by atoms with Crippen molar-refractivity contribution in [1.29, 1.82) is 0 Å². The number of hydrogen-bond acceptors (Lipinski definition) is 4. The van der Waals surface area contributed by atoms with Crippen molar-refractivity contribution in [3.05, 3.63) is 12.7 Å². The van der Waals surface area contributed by atoms with E-state index in [1.165, 1.54) is 6.08 Å². The highest BCUT2D eigenvalue weighted by Gasteiger charge is 2.29. The molecule has 2 unspecified atom stereocenters. The first-order valence-electron chi connectivity index (χ1n) is 4.68. The summed E-state index contributed by atoms with van der Waals surface area (Å²) in [6.07, 6.45) is 0.107. The molecule has 0 aromatic heterocycles. The molecule has 15 heavy (non-hydrogen) atoms. The number of ether oxygens (including phenoxy) is 2. The van der Waals surface area contributed by atoms with Crippen LogP contribution in [0.15, 0.2) is 12.7 Å². The van der Waals surface area contributed by atoms with E-state index in [2.05, 4.69) is 6.58 Å². The Balaban J connectivity index is 4.28. The molecule has 0 bridgehead atoms. The monoisotopic (exact) mass is 216 g/mol. The summed E-state index contributed by atoms with van der Waals surface area (Å²) >= 11 is 0. The van der Waals surface area contributed by atoms with Gasteiger partial charge in [-0.05, 0) is 13.3 Å². The summed E-state index contributed by atoms with van der Waals surface area (Å²) in [5.74, 6) is -2.23. The first kappa shape index (κ1) is 13.6. The zero-order valence-electron chi connectivity index (χ0n) is 8.93. The van der Waals surface area contributed by atoms with Crippen molar-refractivity contribution in [3.63, 3.8) is 0 Å². The van der Waals surface area contributed by atoms with E-state index >= 15 is 0 Å². The second-order valence-electron chi connectivity index (χ2n) is 3.00. The van der Waals surface area contributed by atoms with Crippen molar-refractivity contribution in [2.75, 3.05) is 6.61 Å². The molecule has 5 nitrogen and oxygen atoms in total. The number of rotatable bonds is 7. The predicted octanol–water partition coefficient (Wildman–Crippen LogP) is 0.984. The van der Waals surface area contributed by atoms with Gasteiger partial charge < -0.3 is 14.6 Å². The lowest BCUT2D eigenvalue weighted by Crippen LogP contribution is -2.36. The van der Waals surface area contributed by atoms with E-state index in [0.717, 1.165) is 0 Å². The second kappa shape index (κ2) is 7.00. The molecule has 0 fully saturated rings. The van der Waals surface area contributed by atoms with E-state index in [-0.39, 0.29) is 12.7 Å². The first-order valence-corrected chi connectivity index (χ1v) is 4.68. The molecule has 86 valence electrons. The van der Waals surface area contributed by atoms with Gasteiger partial charge in [0.05, 0.1) is 12.7 Å². The highest BCUT2D eigenvalue weighted by molar-refractivity contribution is 5.97. The molecule has 0 radical (unpaired) electrons. The fourth-order valence-corrected chi connectivity index (χ4v) is 0.748. The number of carbonyl (C=O) groups excluding carboxylic acids is 1. The smallest absolute Gasteiger partial charge is 0.347 e. The van der Waals surface area contributed by atoms with Crippen molar-refractivity contribution in [2.24, 2.45) is 0 Å². The fourth-order valence-electron chi connectivity index (χ4n) is 0.748. The Bertz CT molecular complexity index is 236. The van der Waals surface area contributed by atoms with Crippen LogP contribution in [0.2, 0.25) is 0 Å². The molecule has 2 atom stereocenters. The zero-order valence-corrected chi connectivity index (χ0v) is 8.93. The van der Waals surface area contributed by atoms with Crippen LogP contribution in [-0.4, -0.2) is 35.9 Å². The van der Waals surface area contributed by atoms with Crippen LogP contribution in [0.25, 0.3) is 0 Å². The van der Waals surface area contributed by atoms with Gasteiger partial charge in [0.25, 0.3) is 6.10 Å². The van der Waals surface area contributed by atoms with E-state index in [4.69, 9.17) is 14.6 Å². The summed E-state index contributed by atoms with van der Waals surface area (Å²) in [6, 6.07) is 0. The minimum atomic E-state index is -1.57. The Labute approximate surface area is 88.7 Å². The molecule has 1 N–H and O–H groups in total. The van der Waals surface area contributed by atoms with Crippen LogP contribution in [0.3, 0.4) is 0 Å². The van der Waals surface area contributed by atoms with Crippen LogP contribution in [0.1, 0.15) is 20.3 Å². The molecule has 0 saturated carbocycles. The van der Waals surface area contributed by atoms with Crippen molar-refractivity contribution in [2.45, 2.75) is 32.5 Å².